The van der Waals surface area contributed by atoms with E-state index in [4.69, 9.17) is 14.2 Å². The molecule has 17 heavy (non-hydrogen) atoms. The molecule has 0 amide bonds. The topological polar surface area (TPSA) is 71.1 Å². The lowest BCUT2D eigenvalue weighted by molar-refractivity contribution is -0.0672. The molecule has 0 radical (unpaired) electrons. The molecule has 1 fully saturated rings. The van der Waals surface area contributed by atoms with Crippen molar-refractivity contribution in [1.82, 2.24) is 0 Å². The van der Waals surface area contributed by atoms with Gasteiger partial charge in [0.1, 0.15) is 12.2 Å². The van der Waals surface area contributed by atoms with Gasteiger partial charge in [-0.05, 0) is 32.6 Å². The molecule has 0 aromatic rings. The van der Waals surface area contributed by atoms with Crippen LogP contribution < -0.4 is 0 Å². The molecule has 2 atom stereocenters. The average Bonchev–Trinajstić information content (AvgIpc) is 2.31. The molecule has 6 nitrogen and oxygen atoms in total. The molecule has 1 aliphatic rings. The first-order valence-electron chi connectivity index (χ1n) is 5.75. The molecule has 0 heterocycles. The van der Waals surface area contributed by atoms with Crippen molar-refractivity contribution < 1.29 is 28.5 Å². The van der Waals surface area contributed by atoms with Crippen LogP contribution in [0.15, 0.2) is 0 Å². The van der Waals surface area contributed by atoms with E-state index in [1.54, 1.807) is 6.92 Å². The van der Waals surface area contributed by atoms with Crippen LogP contribution in [0.4, 0.5) is 9.59 Å². The molecule has 0 aromatic carbocycles. The molecule has 98 valence electrons. The first-order chi connectivity index (χ1) is 8.17. The summed E-state index contributed by atoms with van der Waals surface area (Å²) in [5.41, 5.74) is 0. The second kappa shape index (κ2) is 6.98. The molecule has 0 saturated heterocycles. The lowest BCUT2D eigenvalue weighted by Crippen LogP contribution is -2.38. The zero-order chi connectivity index (χ0) is 12.7. The SMILES string of the molecule is CCOC(=O)OC1CCCCC1OC(=O)OC. The summed E-state index contributed by atoms with van der Waals surface area (Å²) < 4.78 is 19.2. The smallest absolute Gasteiger partial charge is 0.438 e. The third kappa shape index (κ3) is 4.50. The highest BCUT2D eigenvalue weighted by atomic mass is 16.8. The number of carbonyl (C=O) groups excluding carboxylic acids is 2. The minimum atomic E-state index is -0.755. The van der Waals surface area contributed by atoms with E-state index in [0.717, 1.165) is 12.8 Å². The van der Waals surface area contributed by atoms with E-state index < -0.39 is 24.5 Å². The van der Waals surface area contributed by atoms with Crippen molar-refractivity contribution in [3.63, 3.8) is 0 Å². The maximum atomic E-state index is 11.2. The van der Waals surface area contributed by atoms with Gasteiger partial charge in [-0.25, -0.2) is 9.59 Å². The van der Waals surface area contributed by atoms with Crippen LogP contribution >= 0.6 is 0 Å². The first-order valence-corrected chi connectivity index (χ1v) is 5.75. The van der Waals surface area contributed by atoms with E-state index in [1.165, 1.54) is 7.11 Å². The molecule has 0 N–H and O–H groups in total. The molecule has 1 rings (SSSR count). The summed E-state index contributed by atoms with van der Waals surface area (Å²) in [7, 11) is 1.24. The molecule has 6 heteroatoms. The Bertz CT molecular complexity index is 265. The fourth-order valence-electron chi connectivity index (χ4n) is 1.78. The Morgan fingerprint density at radius 3 is 2.06 bits per heavy atom. The van der Waals surface area contributed by atoms with Crippen molar-refractivity contribution in [3.8, 4) is 0 Å². The third-order valence-corrected chi connectivity index (χ3v) is 2.57. The lowest BCUT2D eigenvalue weighted by Gasteiger charge is -2.29. The summed E-state index contributed by atoms with van der Waals surface area (Å²) in [5.74, 6) is 0. The van der Waals surface area contributed by atoms with Crippen LogP contribution in [0.1, 0.15) is 32.6 Å². The summed E-state index contributed by atoms with van der Waals surface area (Å²) in [6.45, 7) is 1.96. The molecule has 2 unspecified atom stereocenters. The van der Waals surface area contributed by atoms with Gasteiger partial charge in [0, 0.05) is 0 Å². The normalized spacial score (nSPS) is 23.6. The predicted octanol–water partition coefficient (Wildman–Crippen LogP) is 2.25. The number of rotatable bonds is 3. The minimum absolute atomic E-state index is 0.258. The van der Waals surface area contributed by atoms with Crippen molar-refractivity contribution in [2.45, 2.75) is 44.8 Å². The second-order valence-corrected chi connectivity index (χ2v) is 3.73. The summed E-state index contributed by atoms with van der Waals surface area (Å²) >= 11 is 0. The number of hydrogen-bond acceptors (Lipinski definition) is 6. The van der Waals surface area contributed by atoms with Crippen LogP contribution in [0.2, 0.25) is 0 Å². The molecule has 0 aromatic heterocycles. The Hall–Kier alpha value is -1.46. The molecular formula is C11H18O6. The molecule has 0 aliphatic heterocycles. The van der Waals surface area contributed by atoms with Crippen molar-refractivity contribution in [2.75, 3.05) is 13.7 Å². The van der Waals surface area contributed by atoms with Crippen LogP contribution in [0, 0.1) is 0 Å². The number of carbonyl (C=O) groups is 2. The van der Waals surface area contributed by atoms with Crippen LogP contribution in [0.3, 0.4) is 0 Å². The van der Waals surface area contributed by atoms with Gasteiger partial charge in [-0.3, -0.25) is 0 Å². The Labute approximate surface area is 100 Å². The van der Waals surface area contributed by atoms with Crippen LogP contribution in [-0.4, -0.2) is 38.2 Å². The molecular weight excluding hydrogens is 228 g/mol. The monoisotopic (exact) mass is 246 g/mol. The van der Waals surface area contributed by atoms with Gasteiger partial charge in [-0.1, -0.05) is 0 Å². The maximum absolute atomic E-state index is 11.2. The lowest BCUT2D eigenvalue weighted by atomic mass is 9.95. The van der Waals surface area contributed by atoms with Gasteiger partial charge >= 0.3 is 12.3 Å². The highest BCUT2D eigenvalue weighted by Gasteiger charge is 2.32. The Balaban J connectivity index is 2.47. The van der Waals surface area contributed by atoms with E-state index in [9.17, 15) is 9.59 Å². The van der Waals surface area contributed by atoms with Crippen LogP contribution in [-0.2, 0) is 18.9 Å². The quantitative estimate of drug-likeness (QED) is 0.711. The van der Waals surface area contributed by atoms with Gasteiger partial charge in [-0.2, -0.15) is 0 Å². The van der Waals surface area contributed by atoms with Crippen molar-refractivity contribution in [1.29, 1.82) is 0 Å². The molecule has 1 aliphatic carbocycles. The van der Waals surface area contributed by atoms with Crippen molar-refractivity contribution >= 4 is 12.3 Å². The summed E-state index contributed by atoms with van der Waals surface area (Å²) in [6.07, 6.45) is 0.837. The summed E-state index contributed by atoms with van der Waals surface area (Å²) in [4.78, 5) is 22.2. The van der Waals surface area contributed by atoms with E-state index in [0.29, 0.717) is 12.8 Å². The summed E-state index contributed by atoms with van der Waals surface area (Å²) in [6, 6.07) is 0. The van der Waals surface area contributed by atoms with Gasteiger partial charge in [-0.15, -0.1) is 0 Å². The number of ether oxygens (including phenoxy) is 4. The fourth-order valence-corrected chi connectivity index (χ4v) is 1.78. The number of methoxy groups -OCH3 is 1. The van der Waals surface area contributed by atoms with E-state index >= 15 is 0 Å². The van der Waals surface area contributed by atoms with E-state index in [2.05, 4.69) is 4.74 Å². The average molecular weight is 246 g/mol. The van der Waals surface area contributed by atoms with Gasteiger partial charge in [0.2, 0.25) is 0 Å². The second-order valence-electron chi connectivity index (χ2n) is 3.73. The van der Waals surface area contributed by atoms with Gasteiger partial charge < -0.3 is 18.9 Å². The molecule has 0 bridgehead atoms. The minimum Gasteiger partial charge on any atom is -0.438 e. The zero-order valence-electron chi connectivity index (χ0n) is 10.1. The number of hydrogen-bond donors (Lipinski definition) is 0. The first kappa shape index (κ1) is 13.6. The standard InChI is InChI=1S/C11H18O6/c1-3-15-11(13)17-9-7-5-4-6-8(9)16-10(12)14-2/h8-9H,3-7H2,1-2H3. The fraction of sp³-hybridized carbons (Fsp3) is 0.818. The predicted molar refractivity (Wildman–Crippen MR) is 57.6 cm³/mol. The Kier molecular flexibility index (Phi) is 5.59. The van der Waals surface area contributed by atoms with E-state index in [-0.39, 0.29) is 6.61 Å². The largest absolute Gasteiger partial charge is 0.508 e. The van der Waals surface area contributed by atoms with Gasteiger partial charge in [0.05, 0.1) is 13.7 Å². The molecule has 0 spiro atoms. The van der Waals surface area contributed by atoms with Gasteiger partial charge in [0.15, 0.2) is 0 Å². The van der Waals surface area contributed by atoms with Crippen LogP contribution in [0.25, 0.3) is 0 Å². The zero-order valence-corrected chi connectivity index (χ0v) is 10.1. The van der Waals surface area contributed by atoms with E-state index in [1.807, 2.05) is 0 Å². The third-order valence-electron chi connectivity index (χ3n) is 2.57. The summed E-state index contributed by atoms with van der Waals surface area (Å²) in [5, 5.41) is 0. The van der Waals surface area contributed by atoms with Crippen molar-refractivity contribution in [3.05, 3.63) is 0 Å². The Morgan fingerprint density at radius 2 is 1.59 bits per heavy atom. The molecule has 1 saturated carbocycles. The highest BCUT2D eigenvalue weighted by molar-refractivity contribution is 5.61. The van der Waals surface area contributed by atoms with Crippen molar-refractivity contribution in [2.24, 2.45) is 0 Å². The van der Waals surface area contributed by atoms with Crippen LogP contribution in [0.5, 0.6) is 0 Å². The Morgan fingerprint density at radius 1 is 1.06 bits per heavy atom. The maximum Gasteiger partial charge on any atom is 0.508 e. The highest BCUT2D eigenvalue weighted by Crippen LogP contribution is 2.24. The van der Waals surface area contributed by atoms with Gasteiger partial charge in [0.25, 0.3) is 0 Å².